The van der Waals surface area contributed by atoms with Gasteiger partial charge in [-0.15, -0.1) is 0 Å². The van der Waals surface area contributed by atoms with Crippen LogP contribution < -0.4 is 10.6 Å². The Labute approximate surface area is 127 Å². The van der Waals surface area contributed by atoms with E-state index in [-0.39, 0.29) is 17.9 Å². The Hall–Kier alpha value is -1.84. The highest BCUT2D eigenvalue weighted by atomic mass is 16.2. The molecule has 0 aliphatic rings. The maximum Gasteiger partial charge on any atom is 0.251 e. The Morgan fingerprint density at radius 1 is 1.10 bits per heavy atom. The summed E-state index contributed by atoms with van der Waals surface area (Å²) in [5, 5.41) is 5.84. The molecule has 2 N–H and O–H groups in total. The summed E-state index contributed by atoms with van der Waals surface area (Å²) in [6, 6.07) is 9.45. The Morgan fingerprint density at radius 2 is 1.81 bits per heavy atom. The predicted octanol–water partition coefficient (Wildman–Crippen LogP) is 2.89. The first kappa shape index (κ1) is 17.2. The number of amides is 2. The molecule has 4 nitrogen and oxygen atoms in total. The molecular formula is C17H26N2O2. The Balaban J connectivity index is 2.05. The Bertz CT molecular complexity index is 432. The number of unbranched alkanes of at least 4 members (excludes halogenated alkanes) is 2. The summed E-state index contributed by atoms with van der Waals surface area (Å²) in [5.74, 6) is 0.0859. The summed E-state index contributed by atoms with van der Waals surface area (Å²) in [4.78, 5) is 23.3. The third-order valence-corrected chi connectivity index (χ3v) is 3.42. The summed E-state index contributed by atoms with van der Waals surface area (Å²) >= 11 is 0. The SMILES string of the molecule is CCC(C)NC(=O)CCCCCNC(=O)c1ccccc1. The van der Waals surface area contributed by atoms with E-state index >= 15 is 0 Å². The maximum atomic E-state index is 11.8. The lowest BCUT2D eigenvalue weighted by Crippen LogP contribution is -2.31. The van der Waals surface area contributed by atoms with Crippen molar-refractivity contribution in [3.8, 4) is 0 Å². The van der Waals surface area contributed by atoms with Gasteiger partial charge in [0, 0.05) is 24.6 Å². The van der Waals surface area contributed by atoms with E-state index in [2.05, 4.69) is 17.6 Å². The molecule has 0 aliphatic carbocycles. The van der Waals surface area contributed by atoms with Gasteiger partial charge < -0.3 is 10.6 Å². The van der Waals surface area contributed by atoms with Crippen molar-refractivity contribution in [1.82, 2.24) is 10.6 Å². The molecule has 0 aromatic heterocycles. The zero-order chi connectivity index (χ0) is 15.5. The summed E-state index contributed by atoms with van der Waals surface area (Å²) in [6.07, 6.45) is 4.23. The van der Waals surface area contributed by atoms with Gasteiger partial charge in [-0.1, -0.05) is 31.5 Å². The van der Waals surface area contributed by atoms with Gasteiger partial charge in [-0.2, -0.15) is 0 Å². The van der Waals surface area contributed by atoms with Crippen LogP contribution in [-0.2, 0) is 4.79 Å². The van der Waals surface area contributed by atoms with Crippen LogP contribution in [0.3, 0.4) is 0 Å². The molecule has 0 bridgehead atoms. The molecule has 0 radical (unpaired) electrons. The minimum absolute atomic E-state index is 0.0369. The fourth-order valence-electron chi connectivity index (χ4n) is 1.93. The first-order valence-corrected chi connectivity index (χ1v) is 7.76. The largest absolute Gasteiger partial charge is 0.354 e. The molecule has 0 spiro atoms. The molecule has 2 amide bonds. The van der Waals surface area contributed by atoms with E-state index in [1.165, 1.54) is 0 Å². The molecule has 0 fully saturated rings. The van der Waals surface area contributed by atoms with Crippen molar-refractivity contribution in [3.63, 3.8) is 0 Å². The second-order valence-corrected chi connectivity index (χ2v) is 5.31. The van der Waals surface area contributed by atoms with Crippen LogP contribution in [0.2, 0.25) is 0 Å². The van der Waals surface area contributed by atoms with Crippen LogP contribution in [0.1, 0.15) is 56.3 Å². The van der Waals surface area contributed by atoms with Crippen molar-refractivity contribution in [1.29, 1.82) is 0 Å². The number of carbonyl (C=O) groups excluding carboxylic acids is 2. The van der Waals surface area contributed by atoms with Gasteiger partial charge >= 0.3 is 0 Å². The van der Waals surface area contributed by atoms with Crippen LogP contribution in [0.5, 0.6) is 0 Å². The standard InChI is InChI=1S/C17H26N2O2/c1-3-14(2)19-16(20)12-8-5-9-13-18-17(21)15-10-6-4-7-11-15/h4,6-7,10-11,14H,3,5,8-9,12-13H2,1-2H3,(H,18,21)(H,19,20). The van der Waals surface area contributed by atoms with Crippen molar-refractivity contribution in [2.75, 3.05) is 6.54 Å². The zero-order valence-electron chi connectivity index (χ0n) is 13.0. The van der Waals surface area contributed by atoms with E-state index in [1.807, 2.05) is 25.1 Å². The highest BCUT2D eigenvalue weighted by Crippen LogP contribution is 2.01. The van der Waals surface area contributed by atoms with Gasteiger partial charge in [0.25, 0.3) is 5.91 Å². The van der Waals surface area contributed by atoms with Crippen LogP contribution in [-0.4, -0.2) is 24.4 Å². The fourth-order valence-corrected chi connectivity index (χ4v) is 1.93. The summed E-state index contributed by atoms with van der Waals surface area (Å²) in [5.41, 5.74) is 0.686. The molecule has 21 heavy (non-hydrogen) atoms. The molecule has 1 aromatic rings. The van der Waals surface area contributed by atoms with Crippen LogP contribution >= 0.6 is 0 Å². The number of hydrogen-bond donors (Lipinski definition) is 2. The molecule has 4 heteroatoms. The van der Waals surface area contributed by atoms with Crippen LogP contribution in [0, 0.1) is 0 Å². The molecule has 0 saturated heterocycles. The normalized spacial score (nSPS) is 11.7. The van der Waals surface area contributed by atoms with Gasteiger partial charge in [0.15, 0.2) is 0 Å². The van der Waals surface area contributed by atoms with E-state index in [0.29, 0.717) is 18.5 Å². The molecule has 116 valence electrons. The molecule has 1 unspecified atom stereocenters. The van der Waals surface area contributed by atoms with Crippen LogP contribution in [0.25, 0.3) is 0 Å². The monoisotopic (exact) mass is 290 g/mol. The predicted molar refractivity (Wildman–Crippen MR) is 85.1 cm³/mol. The van der Waals surface area contributed by atoms with Gasteiger partial charge in [0.05, 0.1) is 0 Å². The average molecular weight is 290 g/mol. The smallest absolute Gasteiger partial charge is 0.251 e. The Kier molecular flexibility index (Phi) is 8.17. The fraction of sp³-hybridized carbons (Fsp3) is 0.529. The molecule has 0 heterocycles. The average Bonchev–Trinajstić information content (AvgIpc) is 2.51. The Morgan fingerprint density at radius 3 is 2.48 bits per heavy atom. The van der Waals surface area contributed by atoms with E-state index in [9.17, 15) is 9.59 Å². The van der Waals surface area contributed by atoms with Gasteiger partial charge in [0.1, 0.15) is 0 Å². The van der Waals surface area contributed by atoms with E-state index in [1.54, 1.807) is 12.1 Å². The van der Waals surface area contributed by atoms with Gasteiger partial charge in [-0.25, -0.2) is 0 Å². The second kappa shape index (κ2) is 9.97. The van der Waals surface area contributed by atoms with Crippen molar-refractivity contribution in [2.24, 2.45) is 0 Å². The van der Waals surface area contributed by atoms with Gasteiger partial charge in [0.2, 0.25) is 5.91 Å². The number of rotatable bonds is 9. The van der Waals surface area contributed by atoms with E-state index < -0.39 is 0 Å². The molecule has 0 saturated carbocycles. The number of benzene rings is 1. The quantitative estimate of drug-likeness (QED) is 0.687. The van der Waals surface area contributed by atoms with Crippen LogP contribution in [0.4, 0.5) is 0 Å². The number of carbonyl (C=O) groups is 2. The molecule has 1 aromatic carbocycles. The van der Waals surface area contributed by atoms with Crippen molar-refractivity contribution < 1.29 is 9.59 Å². The third-order valence-electron chi connectivity index (χ3n) is 3.42. The maximum absolute atomic E-state index is 11.8. The van der Waals surface area contributed by atoms with Gasteiger partial charge in [-0.3, -0.25) is 9.59 Å². The summed E-state index contributed by atoms with van der Waals surface area (Å²) in [6.45, 7) is 4.72. The second-order valence-electron chi connectivity index (χ2n) is 5.31. The lowest BCUT2D eigenvalue weighted by molar-refractivity contribution is -0.121. The highest BCUT2D eigenvalue weighted by Gasteiger charge is 2.05. The number of hydrogen-bond acceptors (Lipinski definition) is 2. The summed E-state index contributed by atoms with van der Waals surface area (Å²) < 4.78 is 0. The van der Waals surface area contributed by atoms with E-state index in [4.69, 9.17) is 0 Å². The van der Waals surface area contributed by atoms with Crippen molar-refractivity contribution in [2.45, 2.75) is 52.0 Å². The number of nitrogens with one attached hydrogen (secondary N) is 2. The molecule has 1 atom stereocenters. The highest BCUT2D eigenvalue weighted by molar-refractivity contribution is 5.94. The van der Waals surface area contributed by atoms with Gasteiger partial charge in [-0.05, 0) is 38.3 Å². The first-order valence-electron chi connectivity index (χ1n) is 7.76. The molecule has 1 rings (SSSR count). The lowest BCUT2D eigenvalue weighted by Gasteiger charge is -2.11. The molecular weight excluding hydrogens is 264 g/mol. The first-order chi connectivity index (χ1) is 10.1. The van der Waals surface area contributed by atoms with E-state index in [0.717, 1.165) is 25.7 Å². The zero-order valence-corrected chi connectivity index (χ0v) is 13.0. The summed E-state index contributed by atoms with van der Waals surface area (Å²) in [7, 11) is 0. The minimum Gasteiger partial charge on any atom is -0.354 e. The molecule has 0 aliphatic heterocycles. The van der Waals surface area contributed by atoms with Crippen molar-refractivity contribution >= 4 is 11.8 Å². The van der Waals surface area contributed by atoms with Crippen LogP contribution in [0.15, 0.2) is 30.3 Å². The van der Waals surface area contributed by atoms with Crippen molar-refractivity contribution in [3.05, 3.63) is 35.9 Å². The topological polar surface area (TPSA) is 58.2 Å². The third kappa shape index (κ3) is 7.49. The minimum atomic E-state index is -0.0369. The lowest BCUT2D eigenvalue weighted by atomic mass is 10.1.